The number of aryl methyl sites for hydroxylation is 1. The number of nitrogens with zero attached hydrogens (tertiary/aromatic N) is 2. The molecular weight excluding hydrogens is 144 g/mol. The highest BCUT2D eigenvalue weighted by Gasteiger charge is 1.94. The van der Waals surface area contributed by atoms with Gasteiger partial charge < -0.3 is 9.84 Å². The maximum atomic E-state index is 8.42. The molecule has 0 saturated heterocycles. The molecule has 0 aliphatic rings. The molecule has 0 aromatic carbocycles. The Morgan fingerprint density at radius 3 is 3.09 bits per heavy atom. The summed E-state index contributed by atoms with van der Waals surface area (Å²) >= 11 is 0. The van der Waals surface area contributed by atoms with Crippen LogP contribution in [0, 0.1) is 6.92 Å². The van der Waals surface area contributed by atoms with Gasteiger partial charge in [-0.05, 0) is 12.5 Å². The van der Waals surface area contributed by atoms with Crippen molar-refractivity contribution in [3.05, 3.63) is 17.8 Å². The van der Waals surface area contributed by atoms with Crippen LogP contribution in [0.3, 0.4) is 0 Å². The van der Waals surface area contributed by atoms with Crippen molar-refractivity contribution in [2.75, 3.05) is 13.2 Å². The van der Waals surface area contributed by atoms with Gasteiger partial charge in [0.1, 0.15) is 6.61 Å². The highest BCUT2D eigenvalue weighted by Crippen LogP contribution is 2.04. The van der Waals surface area contributed by atoms with Crippen molar-refractivity contribution < 1.29 is 9.84 Å². The van der Waals surface area contributed by atoms with Crippen molar-refractivity contribution in [2.24, 2.45) is 0 Å². The molecule has 1 aromatic heterocycles. The third-order valence-electron chi connectivity index (χ3n) is 1.11. The first-order valence-electron chi connectivity index (χ1n) is 3.36. The minimum absolute atomic E-state index is 0.00434. The van der Waals surface area contributed by atoms with Crippen LogP contribution < -0.4 is 4.74 Å². The summed E-state index contributed by atoms with van der Waals surface area (Å²) in [7, 11) is 0. The standard InChI is InChI=1S/C7H10N2O2/c1-6-4-7(9-8-5-6)11-3-2-10/h4-5,10H,2-3H2,1H3. The fourth-order valence-electron chi connectivity index (χ4n) is 0.658. The predicted octanol–water partition coefficient (Wildman–Crippen LogP) is 0.156. The number of hydrogen-bond acceptors (Lipinski definition) is 4. The first-order valence-corrected chi connectivity index (χ1v) is 3.36. The van der Waals surface area contributed by atoms with E-state index in [1.807, 2.05) is 6.92 Å². The SMILES string of the molecule is Cc1cnnc(OCCO)c1. The zero-order chi connectivity index (χ0) is 8.10. The van der Waals surface area contributed by atoms with Gasteiger partial charge in [0.2, 0.25) is 5.88 Å². The Balaban J connectivity index is 2.56. The van der Waals surface area contributed by atoms with Crippen molar-refractivity contribution in [2.45, 2.75) is 6.92 Å². The number of ether oxygens (including phenoxy) is 1. The molecule has 0 aliphatic carbocycles. The lowest BCUT2D eigenvalue weighted by atomic mass is 10.3. The molecule has 60 valence electrons. The Hall–Kier alpha value is -1.16. The Bertz CT molecular complexity index is 227. The van der Waals surface area contributed by atoms with Crippen LogP contribution in [0.25, 0.3) is 0 Å². The van der Waals surface area contributed by atoms with Gasteiger partial charge in [-0.3, -0.25) is 0 Å². The smallest absolute Gasteiger partial charge is 0.233 e. The Labute approximate surface area is 64.8 Å². The van der Waals surface area contributed by atoms with Crippen LogP contribution in [0.2, 0.25) is 0 Å². The van der Waals surface area contributed by atoms with E-state index in [4.69, 9.17) is 9.84 Å². The van der Waals surface area contributed by atoms with E-state index in [0.717, 1.165) is 5.56 Å². The molecule has 0 bridgehead atoms. The lowest BCUT2D eigenvalue weighted by Crippen LogP contribution is -2.03. The van der Waals surface area contributed by atoms with E-state index in [2.05, 4.69) is 10.2 Å². The van der Waals surface area contributed by atoms with Gasteiger partial charge in [0, 0.05) is 6.07 Å². The zero-order valence-corrected chi connectivity index (χ0v) is 6.32. The van der Waals surface area contributed by atoms with Crippen molar-refractivity contribution in [3.63, 3.8) is 0 Å². The molecule has 1 aromatic rings. The van der Waals surface area contributed by atoms with E-state index in [9.17, 15) is 0 Å². The molecular formula is C7H10N2O2. The maximum absolute atomic E-state index is 8.42. The zero-order valence-electron chi connectivity index (χ0n) is 6.32. The average Bonchev–Trinajstić information content (AvgIpc) is 2.01. The first kappa shape index (κ1) is 7.94. The average molecular weight is 154 g/mol. The summed E-state index contributed by atoms with van der Waals surface area (Å²) < 4.78 is 5.01. The monoisotopic (exact) mass is 154 g/mol. The molecule has 4 heteroatoms. The van der Waals surface area contributed by atoms with Crippen LogP contribution in [0.15, 0.2) is 12.3 Å². The van der Waals surface area contributed by atoms with Gasteiger partial charge in [-0.2, -0.15) is 5.10 Å². The van der Waals surface area contributed by atoms with Crippen molar-refractivity contribution in [3.8, 4) is 5.88 Å². The highest BCUT2D eigenvalue weighted by molar-refractivity contribution is 5.14. The normalized spacial score (nSPS) is 9.64. The molecule has 1 N–H and O–H groups in total. The van der Waals surface area contributed by atoms with Gasteiger partial charge in [0.25, 0.3) is 0 Å². The van der Waals surface area contributed by atoms with E-state index in [-0.39, 0.29) is 13.2 Å². The van der Waals surface area contributed by atoms with E-state index < -0.39 is 0 Å². The van der Waals surface area contributed by atoms with Crippen molar-refractivity contribution in [1.82, 2.24) is 10.2 Å². The van der Waals surface area contributed by atoms with Gasteiger partial charge in [0.05, 0.1) is 12.8 Å². The van der Waals surface area contributed by atoms with Crippen LogP contribution >= 0.6 is 0 Å². The second-order valence-electron chi connectivity index (χ2n) is 2.14. The third kappa shape index (κ3) is 2.51. The summed E-state index contributed by atoms with van der Waals surface area (Å²) in [6, 6.07) is 1.77. The highest BCUT2D eigenvalue weighted by atomic mass is 16.5. The lowest BCUT2D eigenvalue weighted by Gasteiger charge is -2.00. The summed E-state index contributed by atoms with van der Waals surface area (Å²) in [5.74, 6) is 0.457. The number of aliphatic hydroxyl groups excluding tert-OH is 1. The van der Waals surface area contributed by atoms with Gasteiger partial charge in [-0.15, -0.1) is 5.10 Å². The summed E-state index contributed by atoms with van der Waals surface area (Å²) in [5.41, 5.74) is 0.993. The Kier molecular flexibility index (Phi) is 2.80. The molecule has 0 radical (unpaired) electrons. The van der Waals surface area contributed by atoms with E-state index >= 15 is 0 Å². The van der Waals surface area contributed by atoms with Gasteiger partial charge in [-0.1, -0.05) is 0 Å². The van der Waals surface area contributed by atoms with Crippen molar-refractivity contribution in [1.29, 1.82) is 0 Å². The largest absolute Gasteiger partial charge is 0.474 e. The number of aliphatic hydroxyl groups is 1. The number of aromatic nitrogens is 2. The van der Waals surface area contributed by atoms with Crippen LogP contribution in [0.5, 0.6) is 5.88 Å². The molecule has 0 aliphatic heterocycles. The predicted molar refractivity (Wildman–Crippen MR) is 39.3 cm³/mol. The van der Waals surface area contributed by atoms with E-state index in [1.165, 1.54) is 0 Å². The number of rotatable bonds is 3. The molecule has 1 rings (SSSR count). The summed E-state index contributed by atoms with van der Waals surface area (Å²) in [4.78, 5) is 0. The van der Waals surface area contributed by atoms with Gasteiger partial charge in [0.15, 0.2) is 0 Å². The third-order valence-corrected chi connectivity index (χ3v) is 1.11. The minimum Gasteiger partial charge on any atom is -0.474 e. The fourth-order valence-corrected chi connectivity index (χ4v) is 0.658. The van der Waals surface area contributed by atoms with Gasteiger partial charge >= 0.3 is 0 Å². The second-order valence-corrected chi connectivity index (χ2v) is 2.14. The fraction of sp³-hybridized carbons (Fsp3) is 0.429. The molecule has 0 amide bonds. The quantitative estimate of drug-likeness (QED) is 0.673. The molecule has 0 spiro atoms. The molecule has 1 heterocycles. The van der Waals surface area contributed by atoms with Gasteiger partial charge in [-0.25, -0.2) is 0 Å². The summed E-state index contributed by atoms with van der Waals surface area (Å²) in [6.07, 6.45) is 1.64. The molecule has 0 atom stereocenters. The van der Waals surface area contributed by atoms with Crippen LogP contribution in [0.1, 0.15) is 5.56 Å². The Morgan fingerprint density at radius 1 is 1.64 bits per heavy atom. The second kappa shape index (κ2) is 3.88. The van der Waals surface area contributed by atoms with Crippen molar-refractivity contribution >= 4 is 0 Å². The molecule has 0 saturated carbocycles. The number of hydrogen-bond donors (Lipinski definition) is 1. The molecule has 11 heavy (non-hydrogen) atoms. The lowest BCUT2D eigenvalue weighted by molar-refractivity contribution is 0.195. The summed E-state index contributed by atoms with van der Waals surface area (Å²) in [5, 5.41) is 15.8. The first-order chi connectivity index (χ1) is 5.33. The Morgan fingerprint density at radius 2 is 2.45 bits per heavy atom. The minimum atomic E-state index is -0.00434. The van der Waals surface area contributed by atoms with Crippen LogP contribution in [-0.2, 0) is 0 Å². The molecule has 0 unspecified atom stereocenters. The van der Waals surface area contributed by atoms with Crippen LogP contribution in [-0.4, -0.2) is 28.5 Å². The van der Waals surface area contributed by atoms with Crippen LogP contribution in [0.4, 0.5) is 0 Å². The van der Waals surface area contributed by atoms with E-state index in [1.54, 1.807) is 12.3 Å². The molecule has 0 fully saturated rings. The van der Waals surface area contributed by atoms with E-state index in [0.29, 0.717) is 5.88 Å². The summed E-state index contributed by atoms with van der Waals surface area (Å²) in [6.45, 7) is 2.16. The topological polar surface area (TPSA) is 55.2 Å². The molecule has 4 nitrogen and oxygen atoms in total. The maximum Gasteiger partial charge on any atom is 0.233 e.